The molecule has 2 N–H and O–H groups in total. The second-order valence-corrected chi connectivity index (χ2v) is 6.11. The highest BCUT2D eigenvalue weighted by atomic mass is 16.5. The van der Waals surface area contributed by atoms with Crippen LogP contribution < -0.4 is 14.8 Å². The molecular weight excluding hydrogens is 330 g/mol. The summed E-state index contributed by atoms with van der Waals surface area (Å²) in [7, 11) is 3.21. The van der Waals surface area contributed by atoms with Crippen molar-refractivity contribution in [1.29, 1.82) is 0 Å². The van der Waals surface area contributed by atoms with Crippen molar-refractivity contribution in [3.05, 3.63) is 59.7 Å². The van der Waals surface area contributed by atoms with Crippen LogP contribution in [0.4, 0.5) is 5.82 Å². The molecule has 132 valence electrons. The number of hydrogen-bond acceptors (Lipinski definition) is 4. The number of aromatic amines is 1. The highest BCUT2D eigenvalue weighted by Crippen LogP contribution is 2.46. The molecule has 1 aliphatic rings. The number of carbonyl (C=O) groups is 1. The van der Waals surface area contributed by atoms with Crippen molar-refractivity contribution in [2.45, 2.75) is 12.3 Å². The third-order valence-electron chi connectivity index (χ3n) is 4.67. The third kappa shape index (κ3) is 2.60. The molecule has 1 aliphatic heterocycles. The van der Waals surface area contributed by atoms with Crippen molar-refractivity contribution in [3.63, 3.8) is 0 Å². The number of methoxy groups -OCH3 is 2. The first-order valence-electron chi connectivity index (χ1n) is 8.37. The molecule has 1 aromatic heterocycles. The number of hydrogen-bond donors (Lipinski definition) is 2. The zero-order valence-corrected chi connectivity index (χ0v) is 14.6. The molecule has 0 unspecified atom stereocenters. The maximum atomic E-state index is 12.3. The number of carbonyl (C=O) groups excluding carboxylic acids is 1. The minimum atomic E-state index is -0.183. The molecule has 6 heteroatoms. The average molecular weight is 349 g/mol. The molecule has 2 aromatic carbocycles. The lowest BCUT2D eigenvalue weighted by Crippen LogP contribution is -2.23. The van der Waals surface area contributed by atoms with Gasteiger partial charge in [0.25, 0.3) is 0 Å². The van der Waals surface area contributed by atoms with E-state index in [1.807, 2.05) is 48.5 Å². The molecule has 1 atom stereocenters. The van der Waals surface area contributed by atoms with Gasteiger partial charge in [0, 0.05) is 23.5 Å². The highest BCUT2D eigenvalue weighted by molar-refractivity contribution is 5.96. The van der Waals surface area contributed by atoms with Crippen LogP contribution in [0.25, 0.3) is 11.3 Å². The summed E-state index contributed by atoms with van der Waals surface area (Å²) in [4.78, 5) is 12.3. The number of anilines is 1. The van der Waals surface area contributed by atoms with Gasteiger partial charge in [-0.1, -0.05) is 42.5 Å². The number of amides is 1. The van der Waals surface area contributed by atoms with E-state index >= 15 is 0 Å². The second kappa shape index (κ2) is 6.55. The summed E-state index contributed by atoms with van der Waals surface area (Å²) < 4.78 is 11.0. The number of ether oxygens (including phenoxy) is 2. The van der Waals surface area contributed by atoms with Crippen LogP contribution >= 0.6 is 0 Å². The van der Waals surface area contributed by atoms with E-state index < -0.39 is 0 Å². The Morgan fingerprint density at radius 2 is 1.85 bits per heavy atom. The Hall–Kier alpha value is -3.28. The number of benzene rings is 2. The van der Waals surface area contributed by atoms with Gasteiger partial charge in [0.15, 0.2) is 17.3 Å². The maximum Gasteiger partial charge on any atom is 0.226 e. The number of rotatable bonds is 4. The van der Waals surface area contributed by atoms with Crippen LogP contribution in [0.15, 0.2) is 48.5 Å². The van der Waals surface area contributed by atoms with Crippen LogP contribution in [-0.4, -0.2) is 30.3 Å². The van der Waals surface area contributed by atoms with Gasteiger partial charge in [-0.2, -0.15) is 5.10 Å². The van der Waals surface area contributed by atoms with Gasteiger partial charge in [0.2, 0.25) is 5.91 Å². The van der Waals surface area contributed by atoms with Crippen molar-refractivity contribution >= 4 is 11.7 Å². The summed E-state index contributed by atoms with van der Waals surface area (Å²) in [6.45, 7) is 0. The van der Waals surface area contributed by atoms with E-state index in [1.54, 1.807) is 14.2 Å². The number of aromatic nitrogens is 2. The van der Waals surface area contributed by atoms with Gasteiger partial charge in [-0.15, -0.1) is 0 Å². The lowest BCUT2D eigenvalue weighted by atomic mass is 9.84. The van der Waals surface area contributed by atoms with E-state index in [-0.39, 0.29) is 11.8 Å². The predicted molar refractivity (Wildman–Crippen MR) is 98.7 cm³/mol. The van der Waals surface area contributed by atoms with Crippen LogP contribution in [0.3, 0.4) is 0 Å². The molecule has 1 amide bonds. The molecule has 0 bridgehead atoms. The fourth-order valence-electron chi connectivity index (χ4n) is 3.53. The SMILES string of the molecule is COc1cccc([C@@H]2CC(=O)Nc3n[nH]c(-c4ccccc4)c32)c1OC. The Bertz CT molecular complexity index is 950. The van der Waals surface area contributed by atoms with E-state index in [0.717, 1.165) is 22.4 Å². The van der Waals surface area contributed by atoms with Crippen molar-refractivity contribution in [3.8, 4) is 22.8 Å². The average Bonchev–Trinajstić information content (AvgIpc) is 3.11. The molecule has 0 aliphatic carbocycles. The van der Waals surface area contributed by atoms with Crippen LogP contribution in [0, 0.1) is 0 Å². The number of para-hydroxylation sites is 1. The lowest BCUT2D eigenvalue weighted by molar-refractivity contribution is -0.116. The molecule has 0 saturated heterocycles. The molecule has 0 radical (unpaired) electrons. The fourth-order valence-corrected chi connectivity index (χ4v) is 3.53. The summed E-state index contributed by atoms with van der Waals surface area (Å²) in [5, 5.41) is 10.3. The van der Waals surface area contributed by atoms with E-state index in [0.29, 0.717) is 23.7 Å². The highest BCUT2D eigenvalue weighted by Gasteiger charge is 2.34. The number of nitrogens with one attached hydrogen (secondary N) is 2. The van der Waals surface area contributed by atoms with Gasteiger partial charge in [-0.3, -0.25) is 9.89 Å². The Kier molecular flexibility index (Phi) is 4.08. The third-order valence-corrected chi connectivity index (χ3v) is 4.67. The summed E-state index contributed by atoms with van der Waals surface area (Å²) in [5.41, 5.74) is 3.78. The van der Waals surface area contributed by atoms with Crippen molar-refractivity contribution < 1.29 is 14.3 Å². The molecule has 0 saturated carbocycles. The molecule has 26 heavy (non-hydrogen) atoms. The summed E-state index contributed by atoms with van der Waals surface area (Å²) in [6, 6.07) is 15.7. The lowest BCUT2D eigenvalue weighted by Gasteiger charge is -2.25. The molecule has 0 fully saturated rings. The number of fused-ring (bicyclic) bond motifs is 1. The van der Waals surface area contributed by atoms with E-state index in [2.05, 4.69) is 15.5 Å². The van der Waals surface area contributed by atoms with E-state index in [4.69, 9.17) is 9.47 Å². The van der Waals surface area contributed by atoms with Gasteiger partial charge in [-0.05, 0) is 11.6 Å². The van der Waals surface area contributed by atoms with Crippen LogP contribution in [0.5, 0.6) is 11.5 Å². The molecule has 4 rings (SSSR count). The number of H-pyrrole nitrogens is 1. The van der Waals surface area contributed by atoms with Crippen LogP contribution in [0.2, 0.25) is 0 Å². The van der Waals surface area contributed by atoms with E-state index in [9.17, 15) is 4.79 Å². The zero-order chi connectivity index (χ0) is 18.1. The molecule has 0 spiro atoms. The first-order chi connectivity index (χ1) is 12.7. The van der Waals surface area contributed by atoms with Crippen LogP contribution in [0.1, 0.15) is 23.5 Å². The monoisotopic (exact) mass is 349 g/mol. The smallest absolute Gasteiger partial charge is 0.226 e. The topological polar surface area (TPSA) is 76.2 Å². The van der Waals surface area contributed by atoms with Gasteiger partial charge in [0.1, 0.15) is 0 Å². The molecule has 6 nitrogen and oxygen atoms in total. The minimum Gasteiger partial charge on any atom is -0.493 e. The molecular formula is C20H19N3O3. The predicted octanol–water partition coefficient (Wildman–Crippen LogP) is 3.57. The van der Waals surface area contributed by atoms with Gasteiger partial charge in [0.05, 0.1) is 19.9 Å². The normalized spacial score (nSPS) is 15.9. The van der Waals surface area contributed by atoms with Crippen molar-refractivity contribution in [2.75, 3.05) is 19.5 Å². The fraction of sp³-hybridized carbons (Fsp3) is 0.200. The number of nitrogens with zero attached hydrogens (tertiary/aromatic N) is 1. The Balaban J connectivity index is 1.91. The standard InChI is InChI=1S/C20H19N3O3/c1-25-15-10-6-9-13(19(15)26-2)14-11-16(24)21-20-17(14)18(22-23-20)12-7-4-3-5-8-12/h3-10,14H,11H2,1-2H3,(H2,21,22,23,24)/t14-/m0/s1. The van der Waals surface area contributed by atoms with E-state index in [1.165, 1.54) is 0 Å². The zero-order valence-electron chi connectivity index (χ0n) is 14.6. The summed E-state index contributed by atoms with van der Waals surface area (Å²) >= 11 is 0. The molecule has 3 aromatic rings. The maximum absolute atomic E-state index is 12.3. The van der Waals surface area contributed by atoms with Crippen molar-refractivity contribution in [1.82, 2.24) is 10.2 Å². The van der Waals surface area contributed by atoms with Gasteiger partial charge >= 0.3 is 0 Å². The Morgan fingerprint density at radius 3 is 2.58 bits per heavy atom. The minimum absolute atomic E-state index is 0.0708. The quantitative estimate of drug-likeness (QED) is 0.755. The Labute approximate surface area is 151 Å². The summed E-state index contributed by atoms with van der Waals surface area (Å²) in [5.74, 6) is 1.59. The Morgan fingerprint density at radius 1 is 1.04 bits per heavy atom. The first kappa shape index (κ1) is 16.2. The second-order valence-electron chi connectivity index (χ2n) is 6.11. The first-order valence-corrected chi connectivity index (χ1v) is 8.37. The van der Waals surface area contributed by atoms with Gasteiger partial charge in [-0.25, -0.2) is 0 Å². The van der Waals surface area contributed by atoms with Gasteiger partial charge < -0.3 is 14.8 Å². The van der Waals surface area contributed by atoms with Crippen molar-refractivity contribution in [2.24, 2.45) is 0 Å². The van der Waals surface area contributed by atoms with Crippen LogP contribution in [-0.2, 0) is 4.79 Å². The molecule has 2 heterocycles. The largest absolute Gasteiger partial charge is 0.493 e. The summed E-state index contributed by atoms with van der Waals surface area (Å²) in [6.07, 6.45) is 0.315.